The second kappa shape index (κ2) is 5.64. The maximum absolute atomic E-state index is 5.88. The number of aromatic nitrogens is 2. The van der Waals surface area contributed by atoms with Gasteiger partial charge in [0.15, 0.2) is 5.82 Å². The molecule has 0 spiro atoms. The maximum atomic E-state index is 5.88. The molecule has 2 aromatic rings. The minimum absolute atomic E-state index is 0.585. The zero-order chi connectivity index (χ0) is 13.0. The van der Waals surface area contributed by atoms with Crippen molar-refractivity contribution in [2.75, 3.05) is 26.4 Å². The monoisotopic (exact) mass is 246 g/mol. The van der Waals surface area contributed by atoms with Crippen LogP contribution in [0.15, 0.2) is 28.8 Å². The summed E-state index contributed by atoms with van der Waals surface area (Å²) in [6.45, 7) is 0.909. The van der Waals surface area contributed by atoms with E-state index in [9.17, 15) is 0 Å². The van der Waals surface area contributed by atoms with E-state index in [2.05, 4.69) is 15.0 Å². The fourth-order valence-corrected chi connectivity index (χ4v) is 1.65. The fraction of sp³-hybridized carbons (Fsp3) is 0.385. The highest BCUT2D eigenvalue weighted by Crippen LogP contribution is 2.14. The summed E-state index contributed by atoms with van der Waals surface area (Å²) in [6.07, 6.45) is 1.38. The molecule has 0 saturated carbocycles. The van der Waals surface area contributed by atoms with Gasteiger partial charge in [0.2, 0.25) is 5.89 Å². The van der Waals surface area contributed by atoms with E-state index in [1.807, 2.05) is 38.4 Å². The van der Waals surface area contributed by atoms with Gasteiger partial charge >= 0.3 is 0 Å². The number of hydrogen-bond donors (Lipinski definition) is 1. The van der Waals surface area contributed by atoms with Crippen molar-refractivity contribution in [3.05, 3.63) is 41.5 Å². The lowest BCUT2D eigenvalue weighted by Crippen LogP contribution is -2.15. The molecule has 0 fully saturated rings. The third-order valence-corrected chi connectivity index (χ3v) is 2.69. The quantitative estimate of drug-likeness (QED) is 0.806. The summed E-state index contributed by atoms with van der Waals surface area (Å²) in [5.41, 5.74) is 7.65. The van der Waals surface area contributed by atoms with Crippen LogP contribution in [0.1, 0.15) is 17.3 Å². The second-order valence-electron chi connectivity index (χ2n) is 4.53. The number of nitrogens with two attached hydrogens (primary N) is 1. The van der Waals surface area contributed by atoms with Gasteiger partial charge in [-0.1, -0.05) is 23.4 Å². The summed E-state index contributed by atoms with van der Waals surface area (Å²) < 4.78 is 5.22. The van der Waals surface area contributed by atoms with Gasteiger partial charge in [0.1, 0.15) is 0 Å². The molecule has 0 aliphatic rings. The van der Waals surface area contributed by atoms with Crippen LogP contribution in [0, 0.1) is 0 Å². The zero-order valence-electron chi connectivity index (χ0n) is 10.8. The molecule has 1 aromatic carbocycles. The van der Waals surface area contributed by atoms with Gasteiger partial charge in [0, 0.05) is 18.7 Å². The molecule has 0 bridgehead atoms. The summed E-state index contributed by atoms with van der Waals surface area (Å²) in [7, 11) is 4.04. The Morgan fingerprint density at radius 1 is 1.28 bits per heavy atom. The van der Waals surface area contributed by atoms with Crippen LogP contribution in [-0.2, 0) is 12.8 Å². The van der Waals surface area contributed by atoms with Crippen molar-refractivity contribution in [2.24, 2.45) is 0 Å². The largest absolute Gasteiger partial charge is 0.398 e. The Morgan fingerprint density at radius 3 is 2.78 bits per heavy atom. The lowest BCUT2D eigenvalue weighted by Gasteiger charge is -2.05. The van der Waals surface area contributed by atoms with E-state index in [4.69, 9.17) is 10.3 Å². The van der Waals surface area contributed by atoms with Crippen LogP contribution < -0.4 is 5.73 Å². The number of anilines is 1. The molecule has 1 heterocycles. The highest BCUT2D eigenvalue weighted by atomic mass is 16.5. The molecule has 0 unspecified atom stereocenters. The number of para-hydroxylation sites is 1. The van der Waals surface area contributed by atoms with E-state index in [0.29, 0.717) is 12.3 Å². The van der Waals surface area contributed by atoms with E-state index < -0.39 is 0 Å². The van der Waals surface area contributed by atoms with Crippen molar-refractivity contribution in [1.29, 1.82) is 0 Å². The molecule has 0 atom stereocenters. The lowest BCUT2D eigenvalue weighted by molar-refractivity contribution is 0.370. The van der Waals surface area contributed by atoms with Crippen LogP contribution in [0.4, 0.5) is 5.69 Å². The summed E-state index contributed by atoms with van der Waals surface area (Å²) >= 11 is 0. The lowest BCUT2D eigenvalue weighted by atomic mass is 10.1. The molecular weight excluding hydrogens is 228 g/mol. The van der Waals surface area contributed by atoms with Gasteiger partial charge in [-0.3, -0.25) is 0 Å². The third kappa shape index (κ3) is 3.30. The van der Waals surface area contributed by atoms with Gasteiger partial charge in [0.25, 0.3) is 0 Å². The normalized spacial score (nSPS) is 11.1. The Labute approximate surface area is 107 Å². The smallest absolute Gasteiger partial charge is 0.231 e. The van der Waals surface area contributed by atoms with Crippen molar-refractivity contribution in [3.63, 3.8) is 0 Å². The molecule has 1 aromatic heterocycles. The van der Waals surface area contributed by atoms with Gasteiger partial charge in [0.05, 0.1) is 6.42 Å². The Bertz CT molecular complexity index is 507. The van der Waals surface area contributed by atoms with Crippen LogP contribution in [-0.4, -0.2) is 35.7 Å². The zero-order valence-corrected chi connectivity index (χ0v) is 10.8. The van der Waals surface area contributed by atoms with Crippen molar-refractivity contribution in [2.45, 2.75) is 12.8 Å². The molecule has 18 heavy (non-hydrogen) atoms. The fourth-order valence-electron chi connectivity index (χ4n) is 1.65. The van der Waals surface area contributed by atoms with Gasteiger partial charge in [-0.15, -0.1) is 0 Å². The minimum Gasteiger partial charge on any atom is -0.398 e. The second-order valence-corrected chi connectivity index (χ2v) is 4.53. The molecule has 0 amide bonds. The number of nitrogen functional groups attached to an aromatic ring is 1. The average molecular weight is 246 g/mol. The number of benzene rings is 1. The van der Waals surface area contributed by atoms with E-state index >= 15 is 0 Å². The summed E-state index contributed by atoms with van der Waals surface area (Å²) in [4.78, 5) is 6.45. The van der Waals surface area contributed by atoms with Gasteiger partial charge in [-0.2, -0.15) is 4.98 Å². The molecule has 5 nitrogen and oxygen atoms in total. The van der Waals surface area contributed by atoms with Crippen LogP contribution in [0.5, 0.6) is 0 Å². The highest BCUT2D eigenvalue weighted by molar-refractivity contribution is 5.47. The maximum Gasteiger partial charge on any atom is 0.231 e. The standard InChI is InChI=1S/C13H18N4O/c1-17(2)8-7-12-15-13(18-16-12)9-10-5-3-4-6-11(10)14/h3-6H,7-9,14H2,1-2H3. The van der Waals surface area contributed by atoms with Crippen LogP contribution in [0.3, 0.4) is 0 Å². The summed E-state index contributed by atoms with van der Waals surface area (Å²) in [5.74, 6) is 1.36. The summed E-state index contributed by atoms with van der Waals surface area (Å²) in [6, 6.07) is 7.71. The summed E-state index contributed by atoms with van der Waals surface area (Å²) in [5, 5.41) is 3.96. The van der Waals surface area contributed by atoms with Crippen LogP contribution in [0.25, 0.3) is 0 Å². The number of hydrogen-bond acceptors (Lipinski definition) is 5. The predicted molar refractivity (Wildman–Crippen MR) is 70.2 cm³/mol. The molecule has 0 radical (unpaired) electrons. The Morgan fingerprint density at radius 2 is 2.06 bits per heavy atom. The molecule has 0 aliphatic carbocycles. The van der Waals surface area contributed by atoms with Gasteiger partial charge in [-0.25, -0.2) is 0 Å². The van der Waals surface area contributed by atoms with Gasteiger partial charge in [-0.05, 0) is 25.7 Å². The van der Waals surface area contributed by atoms with Crippen molar-refractivity contribution < 1.29 is 4.52 Å². The minimum atomic E-state index is 0.585. The van der Waals surface area contributed by atoms with Crippen LogP contribution >= 0.6 is 0 Å². The molecular formula is C13H18N4O. The average Bonchev–Trinajstić information content (AvgIpc) is 2.77. The van der Waals surface area contributed by atoms with Crippen molar-refractivity contribution in [3.8, 4) is 0 Å². The predicted octanol–water partition coefficient (Wildman–Crippen LogP) is 1.35. The third-order valence-electron chi connectivity index (χ3n) is 2.69. The molecule has 2 rings (SSSR count). The number of nitrogens with zero attached hydrogens (tertiary/aromatic N) is 3. The first-order valence-electron chi connectivity index (χ1n) is 5.94. The van der Waals surface area contributed by atoms with E-state index in [1.54, 1.807) is 0 Å². The van der Waals surface area contributed by atoms with Crippen molar-refractivity contribution >= 4 is 5.69 Å². The Balaban J connectivity index is 2.00. The highest BCUT2D eigenvalue weighted by Gasteiger charge is 2.08. The molecule has 96 valence electrons. The number of rotatable bonds is 5. The van der Waals surface area contributed by atoms with E-state index in [-0.39, 0.29) is 0 Å². The molecule has 5 heteroatoms. The van der Waals surface area contributed by atoms with E-state index in [1.165, 1.54) is 0 Å². The topological polar surface area (TPSA) is 68.2 Å². The molecule has 0 saturated heterocycles. The van der Waals surface area contributed by atoms with E-state index in [0.717, 1.165) is 30.0 Å². The number of likely N-dealkylation sites (N-methyl/N-ethyl adjacent to an activating group) is 1. The first-order chi connectivity index (χ1) is 8.65. The van der Waals surface area contributed by atoms with Crippen LogP contribution in [0.2, 0.25) is 0 Å². The Kier molecular flexibility index (Phi) is 3.94. The first kappa shape index (κ1) is 12.6. The van der Waals surface area contributed by atoms with Crippen molar-refractivity contribution in [1.82, 2.24) is 15.0 Å². The SMILES string of the molecule is CN(C)CCc1noc(Cc2ccccc2N)n1. The van der Waals surface area contributed by atoms with Gasteiger partial charge < -0.3 is 15.2 Å². The Hall–Kier alpha value is -1.88. The molecule has 0 aliphatic heterocycles. The first-order valence-corrected chi connectivity index (χ1v) is 5.94. The molecule has 2 N–H and O–H groups in total.